The molecule has 0 radical (unpaired) electrons. The van der Waals surface area contributed by atoms with Crippen molar-refractivity contribution in [1.82, 2.24) is 20.9 Å². The number of fused-ring (bicyclic) bond motifs is 2. The molecule has 0 saturated heterocycles. The largest absolute Gasteiger partial charge is 0.463 e. The first-order valence-corrected chi connectivity index (χ1v) is 20.9. The van der Waals surface area contributed by atoms with Crippen LogP contribution in [0, 0.1) is 0 Å². The molecule has 64 heavy (non-hydrogen) atoms. The first kappa shape index (κ1) is 50.0. The van der Waals surface area contributed by atoms with Gasteiger partial charge in [0, 0.05) is 42.9 Å². The van der Waals surface area contributed by atoms with Gasteiger partial charge in [-0.3, -0.25) is 28.8 Å². The van der Waals surface area contributed by atoms with Gasteiger partial charge in [0.25, 0.3) is 0 Å². The van der Waals surface area contributed by atoms with E-state index in [1.54, 1.807) is 42.5 Å². The van der Waals surface area contributed by atoms with Crippen molar-refractivity contribution in [3.05, 3.63) is 88.6 Å². The van der Waals surface area contributed by atoms with Crippen LogP contribution in [0.5, 0.6) is 0 Å². The van der Waals surface area contributed by atoms with Crippen LogP contribution >= 0.6 is 0 Å². The van der Waals surface area contributed by atoms with E-state index in [9.17, 15) is 48.6 Å². The van der Waals surface area contributed by atoms with E-state index in [-0.39, 0.29) is 37.6 Å². The quantitative estimate of drug-likeness (QED) is 0.0192. The van der Waals surface area contributed by atoms with Gasteiger partial charge in [0.2, 0.25) is 23.6 Å². The molecule has 0 spiro atoms. The van der Waals surface area contributed by atoms with E-state index >= 15 is 0 Å². The Bertz CT molecular complexity index is 2310. The molecule has 19 heteroatoms. The van der Waals surface area contributed by atoms with Gasteiger partial charge in [0.1, 0.15) is 62.0 Å². The lowest BCUT2D eigenvalue weighted by Crippen LogP contribution is -2.57. The Balaban J connectivity index is 1.25. The van der Waals surface area contributed by atoms with E-state index in [1.165, 1.54) is 13.8 Å². The zero-order chi connectivity index (χ0) is 46.8. The Kier molecular flexibility index (Phi) is 19.4. The van der Waals surface area contributed by atoms with Crippen molar-refractivity contribution in [2.24, 2.45) is 5.73 Å². The number of aliphatic hydroxyl groups is 2. The Labute approximate surface area is 368 Å². The fourth-order valence-corrected chi connectivity index (χ4v) is 6.64. The Morgan fingerprint density at radius 3 is 2.22 bits per heavy atom. The number of nitrogens with one attached hydrogen (secondary N) is 5. The SMILES string of the molecule is CC(=O)NC(C=O)C(O[C@H](C)C(=O)NC(C)C(=O)NC(CCC(N)=O)C(=O)OCc1ccccc1)C(O)C(O)COC(=O)CCCCCNc1cccc2[nH]c3ccccc3c(=O)c12. The maximum Gasteiger partial charge on any atom is 0.328 e. The lowest BCUT2D eigenvalue weighted by molar-refractivity contribution is -0.164. The Morgan fingerprint density at radius 1 is 0.812 bits per heavy atom. The second-order valence-electron chi connectivity index (χ2n) is 15.2. The molecule has 0 fully saturated rings. The highest BCUT2D eigenvalue weighted by Crippen LogP contribution is 2.22. The average molecular weight is 889 g/mol. The molecule has 0 aliphatic carbocycles. The molecule has 4 amide bonds. The number of para-hydroxylation sites is 1. The first-order chi connectivity index (χ1) is 30.6. The summed E-state index contributed by atoms with van der Waals surface area (Å²) in [5.74, 6) is -4.72. The van der Waals surface area contributed by atoms with E-state index in [4.69, 9.17) is 19.9 Å². The van der Waals surface area contributed by atoms with Crippen molar-refractivity contribution in [2.75, 3.05) is 18.5 Å². The number of primary amides is 1. The van der Waals surface area contributed by atoms with Crippen LogP contribution in [0.3, 0.4) is 0 Å². The van der Waals surface area contributed by atoms with E-state index in [2.05, 4.69) is 26.3 Å². The number of unbranched alkanes of at least 4 members (excludes halogenated alkanes) is 2. The van der Waals surface area contributed by atoms with Crippen LogP contribution in [-0.2, 0) is 54.4 Å². The number of ether oxygens (including phenoxy) is 3. The zero-order valence-electron chi connectivity index (χ0n) is 35.9. The lowest BCUT2D eigenvalue weighted by Gasteiger charge is -2.32. The number of anilines is 1. The maximum atomic E-state index is 13.2. The fourth-order valence-electron chi connectivity index (χ4n) is 6.64. The number of aliphatic hydroxyl groups excluding tert-OH is 2. The summed E-state index contributed by atoms with van der Waals surface area (Å²) in [7, 11) is 0. The van der Waals surface area contributed by atoms with Crippen molar-refractivity contribution >= 4 is 69.3 Å². The van der Waals surface area contributed by atoms with Crippen LogP contribution in [0.4, 0.5) is 5.69 Å². The zero-order valence-corrected chi connectivity index (χ0v) is 35.9. The van der Waals surface area contributed by atoms with Gasteiger partial charge in [-0.05, 0) is 62.9 Å². The number of aldehydes is 1. The molecular weight excluding hydrogens is 833 g/mol. The van der Waals surface area contributed by atoms with Gasteiger partial charge < -0.3 is 61.2 Å². The monoisotopic (exact) mass is 888 g/mol. The summed E-state index contributed by atoms with van der Waals surface area (Å²) in [6.45, 7) is 3.30. The molecule has 1 aromatic heterocycles. The summed E-state index contributed by atoms with van der Waals surface area (Å²) >= 11 is 0. The predicted octanol–water partition coefficient (Wildman–Crippen LogP) is 1.39. The molecule has 0 bridgehead atoms. The van der Waals surface area contributed by atoms with Gasteiger partial charge in [-0.25, -0.2) is 4.79 Å². The third-order valence-corrected chi connectivity index (χ3v) is 10.1. The minimum Gasteiger partial charge on any atom is -0.463 e. The van der Waals surface area contributed by atoms with E-state index < -0.39 is 84.7 Å². The van der Waals surface area contributed by atoms with Crippen LogP contribution in [0.2, 0.25) is 0 Å². The number of nitrogens with two attached hydrogens (primary N) is 1. The number of H-pyrrole nitrogens is 1. The van der Waals surface area contributed by atoms with Crippen LogP contribution in [0.25, 0.3) is 21.8 Å². The van der Waals surface area contributed by atoms with Gasteiger partial charge in [-0.2, -0.15) is 0 Å². The number of benzene rings is 3. The van der Waals surface area contributed by atoms with E-state index in [0.717, 1.165) is 12.4 Å². The number of hydrogen-bond acceptors (Lipinski definition) is 14. The van der Waals surface area contributed by atoms with Crippen molar-refractivity contribution < 1.29 is 58.0 Å². The second kappa shape index (κ2) is 24.8. The van der Waals surface area contributed by atoms with Crippen molar-refractivity contribution in [2.45, 2.75) is 108 Å². The van der Waals surface area contributed by atoms with Crippen molar-refractivity contribution in [1.29, 1.82) is 0 Å². The number of rotatable bonds is 26. The highest BCUT2D eigenvalue weighted by atomic mass is 16.6. The number of carbonyl (C=O) groups excluding carboxylic acids is 7. The highest BCUT2D eigenvalue weighted by molar-refractivity contribution is 5.99. The fraction of sp³-hybridized carbons (Fsp3) is 0.422. The molecular formula is C45H56N6O13. The molecule has 19 nitrogen and oxygen atoms in total. The van der Waals surface area contributed by atoms with Gasteiger partial charge in [-0.15, -0.1) is 0 Å². The lowest BCUT2D eigenvalue weighted by atomic mass is 10.0. The van der Waals surface area contributed by atoms with Gasteiger partial charge in [0.05, 0.1) is 10.9 Å². The third-order valence-electron chi connectivity index (χ3n) is 10.1. The van der Waals surface area contributed by atoms with E-state index in [1.807, 2.05) is 30.3 Å². The van der Waals surface area contributed by atoms with Crippen LogP contribution in [0.1, 0.15) is 64.9 Å². The number of esters is 2. The number of pyridine rings is 1. The van der Waals surface area contributed by atoms with Crippen molar-refractivity contribution in [3.63, 3.8) is 0 Å². The van der Waals surface area contributed by atoms with Crippen LogP contribution in [0.15, 0.2) is 77.6 Å². The van der Waals surface area contributed by atoms with Gasteiger partial charge >= 0.3 is 11.9 Å². The molecule has 3 aromatic carbocycles. The normalized spacial score (nSPS) is 14.5. The number of aromatic nitrogens is 1. The summed E-state index contributed by atoms with van der Waals surface area (Å²) < 4.78 is 16.2. The van der Waals surface area contributed by atoms with Crippen LogP contribution in [-0.4, -0.2) is 113 Å². The smallest absolute Gasteiger partial charge is 0.328 e. The molecule has 1 heterocycles. The molecule has 0 aliphatic rings. The number of amides is 4. The minimum absolute atomic E-state index is 0.0186. The van der Waals surface area contributed by atoms with Crippen LogP contribution < -0.4 is 32.4 Å². The van der Waals surface area contributed by atoms with Crippen molar-refractivity contribution in [3.8, 4) is 0 Å². The summed E-state index contributed by atoms with van der Waals surface area (Å²) in [5, 5.41) is 33.4. The Morgan fingerprint density at radius 2 is 1.52 bits per heavy atom. The molecule has 0 aliphatic heterocycles. The third kappa shape index (κ3) is 15.0. The summed E-state index contributed by atoms with van der Waals surface area (Å²) in [6.07, 6.45) is -5.62. The highest BCUT2D eigenvalue weighted by Gasteiger charge is 2.38. The predicted molar refractivity (Wildman–Crippen MR) is 234 cm³/mol. The van der Waals surface area contributed by atoms with E-state index in [0.29, 0.717) is 53.3 Å². The summed E-state index contributed by atoms with van der Waals surface area (Å²) in [6, 6.07) is 17.3. The molecule has 9 N–H and O–H groups in total. The Hall–Kier alpha value is -6.70. The number of aromatic amines is 1. The maximum absolute atomic E-state index is 13.2. The molecule has 4 aromatic rings. The molecule has 344 valence electrons. The minimum atomic E-state index is -1.98. The van der Waals surface area contributed by atoms with Gasteiger partial charge in [0.15, 0.2) is 5.43 Å². The molecule has 0 saturated carbocycles. The second-order valence-corrected chi connectivity index (χ2v) is 15.2. The number of hydrogen-bond donors (Lipinski definition) is 8. The average Bonchev–Trinajstić information content (AvgIpc) is 3.28. The molecule has 4 rings (SSSR count). The number of carbonyl (C=O) groups is 7. The summed E-state index contributed by atoms with van der Waals surface area (Å²) in [4.78, 5) is 104. The van der Waals surface area contributed by atoms with Gasteiger partial charge in [-0.1, -0.05) is 55.0 Å². The molecule has 7 atom stereocenters. The first-order valence-electron chi connectivity index (χ1n) is 20.9. The summed E-state index contributed by atoms with van der Waals surface area (Å²) in [5.41, 5.74) is 7.97. The standard InChI is InChI=1S/C45H56N6O13/c1-26(43(59)51-34(20-21-37(46)55)45(61)63-24-29-13-6-4-7-14-29)48-44(60)27(2)64-42(35(23-52)49-28(3)53)41(58)36(54)25-62-38(56)19-8-5-11-22-47-32-17-12-18-33-39(32)40(57)30-15-9-10-16-31(30)50-33/h4,6-7,9-10,12-18,23,26-27,34-36,41-42,47,54,58H,5,8,11,19-22,24-25H2,1-3H3,(H2,46,55)(H,48,60)(H,49,53)(H,50,57)(H,51,59)/t26?,27-,34?,35?,36?,41?,42?/m1/s1. The molecule has 6 unspecified atom stereocenters. The topological polar surface area (TPSA) is 295 Å².